The van der Waals surface area contributed by atoms with Crippen LogP contribution in [0.15, 0.2) is 30.3 Å². The van der Waals surface area contributed by atoms with Crippen LogP contribution in [0.5, 0.6) is 0 Å². The third kappa shape index (κ3) is 4.37. The predicted molar refractivity (Wildman–Crippen MR) is 93.4 cm³/mol. The van der Waals surface area contributed by atoms with E-state index < -0.39 is 0 Å². The molecule has 3 atom stereocenters. The fraction of sp³-hybridized carbons (Fsp3) is 0.650. The molecule has 1 saturated carbocycles. The summed E-state index contributed by atoms with van der Waals surface area (Å²) in [5.41, 5.74) is 1.13. The Morgan fingerprint density at radius 2 is 1.92 bits per heavy atom. The number of aliphatic hydroxyl groups excluding tert-OH is 1. The molecule has 1 aromatic rings. The lowest BCUT2D eigenvalue weighted by Crippen LogP contribution is -2.45. The van der Waals surface area contributed by atoms with Crippen molar-refractivity contribution in [3.63, 3.8) is 0 Å². The van der Waals surface area contributed by atoms with Crippen LogP contribution in [0.3, 0.4) is 0 Å². The number of amides is 1. The molecule has 0 bridgehead atoms. The largest absolute Gasteiger partial charge is 0.393 e. The molecule has 1 aromatic carbocycles. The fourth-order valence-electron chi connectivity index (χ4n) is 4.20. The van der Waals surface area contributed by atoms with Gasteiger partial charge in [-0.05, 0) is 31.2 Å². The van der Waals surface area contributed by atoms with Crippen molar-refractivity contribution in [2.24, 2.45) is 5.92 Å². The summed E-state index contributed by atoms with van der Waals surface area (Å²) in [7, 11) is 0. The number of ether oxygens (including phenoxy) is 1. The van der Waals surface area contributed by atoms with Crippen molar-refractivity contribution in [3.05, 3.63) is 35.9 Å². The van der Waals surface area contributed by atoms with Gasteiger partial charge >= 0.3 is 0 Å². The summed E-state index contributed by atoms with van der Waals surface area (Å²) in [5.74, 6) is 0.457. The van der Waals surface area contributed by atoms with Crippen molar-refractivity contribution in [1.29, 1.82) is 0 Å². The molecule has 2 fully saturated rings. The van der Waals surface area contributed by atoms with Gasteiger partial charge in [-0.1, -0.05) is 43.2 Å². The zero-order valence-electron chi connectivity index (χ0n) is 14.4. The fourth-order valence-corrected chi connectivity index (χ4v) is 4.20. The van der Waals surface area contributed by atoms with Crippen molar-refractivity contribution in [2.75, 3.05) is 13.2 Å². The minimum Gasteiger partial charge on any atom is -0.393 e. The van der Waals surface area contributed by atoms with Gasteiger partial charge in [-0.3, -0.25) is 4.79 Å². The smallest absolute Gasteiger partial charge is 0.225 e. The highest BCUT2D eigenvalue weighted by atomic mass is 16.5. The third-order valence-corrected chi connectivity index (χ3v) is 5.47. The number of hydrogen-bond acceptors (Lipinski definition) is 3. The van der Waals surface area contributed by atoms with Crippen molar-refractivity contribution in [3.8, 4) is 0 Å². The van der Waals surface area contributed by atoms with E-state index in [0.29, 0.717) is 19.6 Å². The van der Waals surface area contributed by atoms with Crippen LogP contribution in [0.2, 0.25) is 0 Å². The van der Waals surface area contributed by atoms with Gasteiger partial charge in [0.1, 0.15) is 0 Å². The molecule has 3 rings (SSSR count). The van der Waals surface area contributed by atoms with Crippen LogP contribution in [0.1, 0.15) is 50.5 Å². The van der Waals surface area contributed by atoms with E-state index in [4.69, 9.17) is 4.74 Å². The molecule has 4 heteroatoms. The van der Waals surface area contributed by atoms with Crippen molar-refractivity contribution in [2.45, 2.75) is 63.7 Å². The Kier molecular flexibility index (Phi) is 6.27. The predicted octanol–water partition coefficient (Wildman–Crippen LogP) is 3.14. The second-order valence-electron chi connectivity index (χ2n) is 7.10. The van der Waals surface area contributed by atoms with E-state index in [-0.39, 0.29) is 24.0 Å². The zero-order valence-corrected chi connectivity index (χ0v) is 14.4. The number of carbonyl (C=O) groups excluding carboxylic acids is 1. The molecule has 1 heterocycles. The molecule has 4 nitrogen and oxygen atoms in total. The molecule has 1 aliphatic heterocycles. The lowest BCUT2D eigenvalue weighted by molar-refractivity contribution is -0.135. The lowest BCUT2D eigenvalue weighted by atomic mass is 9.80. The Morgan fingerprint density at radius 3 is 2.71 bits per heavy atom. The number of rotatable bonds is 6. The number of carbonyl (C=O) groups is 1. The topological polar surface area (TPSA) is 49.8 Å². The molecule has 0 unspecified atom stereocenters. The molecular formula is C20H29NO3. The van der Waals surface area contributed by atoms with Crippen LogP contribution >= 0.6 is 0 Å². The van der Waals surface area contributed by atoms with Gasteiger partial charge in [0.25, 0.3) is 0 Å². The average Bonchev–Trinajstić information content (AvgIpc) is 3.09. The molecule has 0 aromatic heterocycles. The Hall–Kier alpha value is -1.39. The number of hydrogen-bond donors (Lipinski definition) is 1. The maximum atomic E-state index is 12.6. The van der Waals surface area contributed by atoms with Gasteiger partial charge in [-0.2, -0.15) is 0 Å². The minimum absolute atomic E-state index is 0.184. The summed E-state index contributed by atoms with van der Waals surface area (Å²) in [6.07, 6.45) is 6.55. The van der Waals surface area contributed by atoms with Gasteiger partial charge in [-0.15, -0.1) is 0 Å². The van der Waals surface area contributed by atoms with Gasteiger partial charge in [-0.25, -0.2) is 0 Å². The van der Waals surface area contributed by atoms with E-state index in [2.05, 4.69) is 0 Å². The molecule has 1 N–H and O–H groups in total. The molecule has 0 radical (unpaired) electrons. The van der Waals surface area contributed by atoms with E-state index in [1.165, 1.54) is 6.42 Å². The molecular weight excluding hydrogens is 302 g/mol. The minimum atomic E-state index is -0.230. The average molecular weight is 331 g/mol. The highest BCUT2D eigenvalue weighted by Gasteiger charge is 2.38. The van der Waals surface area contributed by atoms with Crippen LogP contribution in [-0.2, 0) is 16.1 Å². The first kappa shape index (κ1) is 17.4. The summed E-state index contributed by atoms with van der Waals surface area (Å²) < 4.78 is 5.65. The third-order valence-electron chi connectivity index (χ3n) is 5.47. The molecule has 132 valence electrons. The summed E-state index contributed by atoms with van der Waals surface area (Å²) in [5, 5.41) is 10.3. The van der Waals surface area contributed by atoms with Gasteiger partial charge in [0.15, 0.2) is 0 Å². The molecule has 2 aliphatic rings. The Labute approximate surface area is 144 Å². The molecule has 24 heavy (non-hydrogen) atoms. The second-order valence-corrected chi connectivity index (χ2v) is 7.10. The molecule has 0 spiro atoms. The Bertz CT molecular complexity index is 519. The summed E-state index contributed by atoms with van der Waals surface area (Å²) in [6.45, 7) is 1.86. The van der Waals surface area contributed by atoms with E-state index in [1.807, 2.05) is 35.2 Å². The second kappa shape index (κ2) is 8.63. The maximum absolute atomic E-state index is 12.6. The van der Waals surface area contributed by atoms with Gasteiger partial charge in [0.2, 0.25) is 5.91 Å². The monoisotopic (exact) mass is 331 g/mol. The molecule has 1 amide bonds. The van der Waals surface area contributed by atoms with E-state index in [0.717, 1.165) is 44.2 Å². The number of benzene rings is 1. The van der Waals surface area contributed by atoms with Gasteiger partial charge < -0.3 is 14.7 Å². The first-order chi connectivity index (χ1) is 11.8. The van der Waals surface area contributed by atoms with Crippen LogP contribution in [0, 0.1) is 5.92 Å². The molecule has 1 aliphatic carbocycles. The summed E-state index contributed by atoms with van der Waals surface area (Å²) in [6, 6.07) is 10.3. The zero-order chi connectivity index (χ0) is 16.8. The highest BCUT2D eigenvalue weighted by molar-refractivity contribution is 5.77. The first-order valence-electron chi connectivity index (χ1n) is 9.35. The SMILES string of the molecule is O=C(CCOCc1ccccc1)N1CCC[C@@H]1[C@H]1CCCC[C@@H]1O. The standard InChI is InChI=1S/C20H29NO3/c22-19-11-5-4-9-17(19)18-10-6-13-21(18)20(23)12-14-24-15-16-7-2-1-3-8-16/h1-3,7-8,17-19,22H,4-6,9-15H2/t17-,18-,19+/m1/s1. The van der Waals surface area contributed by atoms with E-state index in [9.17, 15) is 9.90 Å². The Balaban J connectivity index is 1.45. The Morgan fingerprint density at radius 1 is 1.12 bits per heavy atom. The first-order valence-corrected chi connectivity index (χ1v) is 9.35. The van der Waals surface area contributed by atoms with Crippen molar-refractivity contribution >= 4 is 5.91 Å². The maximum Gasteiger partial charge on any atom is 0.225 e. The van der Waals surface area contributed by atoms with Gasteiger partial charge in [0, 0.05) is 18.5 Å². The highest BCUT2D eigenvalue weighted by Crippen LogP contribution is 2.34. The number of likely N-dealkylation sites (tertiary alicyclic amines) is 1. The normalized spacial score (nSPS) is 27.4. The summed E-state index contributed by atoms with van der Waals surface area (Å²) in [4.78, 5) is 14.6. The number of nitrogens with zero attached hydrogens (tertiary/aromatic N) is 1. The van der Waals surface area contributed by atoms with E-state index in [1.54, 1.807) is 0 Å². The van der Waals surface area contributed by atoms with Crippen LogP contribution in [0.25, 0.3) is 0 Å². The van der Waals surface area contributed by atoms with Crippen molar-refractivity contribution in [1.82, 2.24) is 4.90 Å². The van der Waals surface area contributed by atoms with Crippen LogP contribution in [-0.4, -0.2) is 41.2 Å². The van der Waals surface area contributed by atoms with E-state index >= 15 is 0 Å². The molecule has 1 saturated heterocycles. The quantitative estimate of drug-likeness (QED) is 0.815. The summed E-state index contributed by atoms with van der Waals surface area (Å²) >= 11 is 0. The lowest BCUT2D eigenvalue weighted by Gasteiger charge is -2.37. The van der Waals surface area contributed by atoms with Crippen molar-refractivity contribution < 1.29 is 14.6 Å². The van der Waals surface area contributed by atoms with Gasteiger partial charge in [0.05, 0.1) is 25.7 Å². The number of aliphatic hydroxyl groups is 1. The van der Waals surface area contributed by atoms with Crippen LogP contribution < -0.4 is 0 Å². The van der Waals surface area contributed by atoms with Crippen LogP contribution in [0.4, 0.5) is 0 Å².